The largest absolute Gasteiger partial charge is 0.488 e. The predicted octanol–water partition coefficient (Wildman–Crippen LogP) is 3.06. The second-order valence-corrected chi connectivity index (χ2v) is 7.13. The molecule has 0 aliphatic carbocycles. The summed E-state index contributed by atoms with van der Waals surface area (Å²) in [6, 6.07) is 15.4. The molecule has 2 aromatic heterocycles. The van der Waals surface area contributed by atoms with Gasteiger partial charge in [-0.25, -0.2) is 9.97 Å². The Morgan fingerprint density at radius 3 is 2.83 bits per heavy atom. The van der Waals surface area contributed by atoms with Crippen molar-refractivity contribution in [2.24, 2.45) is 5.73 Å². The zero-order valence-corrected chi connectivity index (χ0v) is 16.2. The number of H-pyrrole nitrogens is 1. The molecule has 8 heteroatoms. The normalized spacial score (nSPS) is 12.9. The highest BCUT2D eigenvalue weighted by atomic mass is 16.5. The zero-order valence-electron chi connectivity index (χ0n) is 16.2. The van der Waals surface area contributed by atoms with E-state index in [1.807, 2.05) is 24.3 Å². The van der Waals surface area contributed by atoms with Crippen molar-refractivity contribution in [2.75, 3.05) is 11.9 Å². The van der Waals surface area contributed by atoms with Crippen LogP contribution in [-0.2, 0) is 13.0 Å². The monoisotopic (exact) mass is 400 g/mol. The first kappa shape index (κ1) is 18.1. The van der Waals surface area contributed by atoms with Gasteiger partial charge < -0.3 is 15.8 Å². The third kappa shape index (κ3) is 3.22. The van der Waals surface area contributed by atoms with Crippen molar-refractivity contribution >= 4 is 22.6 Å². The van der Waals surface area contributed by atoms with E-state index in [9.17, 15) is 4.79 Å². The van der Waals surface area contributed by atoms with Gasteiger partial charge in [0, 0.05) is 11.9 Å². The van der Waals surface area contributed by atoms with Crippen molar-refractivity contribution in [3.63, 3.8) is 0 Å². The van der Waals surface area contributed by atoms with E-state index in [1.54, 1.807) is 12.1 Å². The number of aromatic nitrogens is 4. The minimum absolute atomic E-state index is 0.384. The first-order valence-electron chi connectivity index (χ1n) is 9.79. The van der Waals surface area contributed by atoms with Crippen molar-refractivity contribution < 1.29 is 9.53 Å². The quantitative estimate of drug-likeness (QED) is 0.474. The van der Waals surface area contributed by atoms with E-state index >= 15 is 0 Å². The van der Waals surface area contributed by atoms with Crippen LogP contribution in [0.2, 0.25) is 0 Å². The summed E-state index contributed by atoms with van der Waals surface area (Å²) in [7, 11) is 0. The van der Waals surface area contributed by atoms with Crippen LogP contribution >= 0.6 is 0 Å². The van der Waals surface area contributed by atoms with Gasteiger partial charge in [-0.3, -0.25) is 9.89 Å². The van der Waals surface area contributed by atoms with Crippen LogP contribution in [0.3, 0.4) is 0 Å². The fourth-order valence-corrected chi connectivity index (χ4v) is 3.66. The number of nitrogens with zero attached hydrogens (tertiary/aromatic N) is 3. The number of primary amides is 1. The summed E-state index contributed by atoms with van der Waals surface area (Å²) in [6.07, 6.45) is 1.70. The summed E-state index contributed by atoms with van der Waals surface area (Å²) in [6.45, 7) is 1.25. The molecule has 1 amide bonds. The molecule has 0 bridgehead atoms. The van der Waals surface area contributed by atoms with Gasteiger partial charge in [-0.1, -0.05) is 42.5 Å². The summed E-state index contributed by atoms with van der Waals surface area (Å²) < 4.78 is 5.88. The van der Waals surface area contributed by atoms with Crippen LogP contribution in [0.4, 0.5) is 5.82 Å². The standard InChI is InChI=1S/C22H20N6O2/c23-20(29)15-9-4-8-14-17(15)27-28-18(14)21-25-16-10-5-11-30-19(16)22(26-21)24-12-13-6-2-1-3-7-13/h1-4,6-9H,5,10-12H2,(H2,23,29)(H,27,28)(H,24,25,26). The molecule has 2 aromatic carbocycles. The first-order valence-corrected chi connectivity index (χ1v) is 9.79. The molecule has 0 atom stereocenters. The van der Waals surface area contributed by atoms with Crippen molar-refractivity contribution in [1.82, 2.24) is 20.2 Å². The number of aryl methyl sites for hydroxylation is 1. The number of aromatic amines is 1. The van der Waals surface area contributed by atoms with Crippen LogP contribution < -0.4 is 15.8 Å². The van der Waals surface area contributed by atoms with Crippen molar-refractivity contribution in [3.8, 4) is 17.3 Å². The van der Waals surface area contributed by atoms with Crippen LogP contribution in [0.1, 0.15) is 28.0 Å². The zero-order chi connectivity index (χ0) is 20.5. The van der Waals surface area contributed by atoms with Crippen LogP contribution in [0.5, 0.6) is 5.75 Å². The summed E-state index contributed by atoms with van der Waals surface area (Å²) in [5, 5.41) is 11.4. The molecule has 4 N–H and O–H groups in total. The summed E-state index contributed by atoms with van der Waals surface area (Å²) in [5.41, 5.74) is 9.02. The Bertz CT molecular complexity index is 1240. The third-order valence-electron chi connectivity index (χ3n) is 5.12. The molecule has 8 nitrogen and oxygen atoms in total. The molecule has 150 valence electrons. The number of carbonyl (C=O) groups is 1. The molecule has 0 unspecified atom stereocenters. The number of hydrogen-bond donors (Lipinski definition) is 3. The smallest absolute Gasteiger partial charge is 0.250 e. The second-order valence-electron chi connectivity index (χ2n) is 7.13. The van der Waals surface area contributed by atoms with Gasteiger partial charge in [-0.15, -0.1) is 0 Å². The van der Waals surface area contributed by atoms with Gasteiger partial charge in [0.15, 0.2) is 17.4 Å². The molecule has 4 aromatic rings. The Hall–Kier alpha value is -3.94. The highest BCUT2D eigenvalue weighted by Gasteiger charge is 2.22. The fourth-order valence-electron chi connectivity index (χ4n) is 3.66. The molecule has 5 rings (SSSR count). The minimum Gasteiger partial charge on any atom is -0.488 e. The first-order chi connectivity index (χ1) is 14.7. The SMILES string of the molecule is NC(=O)c1cccc2c(-c3nc4c(c(NCc5ccccc5)n3)OCCC4)n[nH]c12. The number of hydrogen-bond acceptors (Lipinski definition) is 6. The Kier molecular flexibility index (Phi) is 4.51. The number of ether oxygens (including phenoxy) is 1. The lowest BCUT2D eigenvalue weighted by Gasteiger charge is -2.20. The minimum atomic E-state index is -0.513. The van der Waals surface area contributed by atoms with Gasteiger partial charge in [-0.2, -0.15) is 5.10 Å². The highest BCUT2D eigenvalue weighted by Crippen LogP contribution is 2.34. The van der Waals surface area contributed by atoms with E-state index in [-0.39, 0.29) is 0 Å². The van der Waals surface area contributed by atoms with E-state index in [1.165, 1.54) is 0 Å². The van der Waals surface area contributed by atoms with Crippen LogP contribution in [0, 0.1) is 0 Å². The van der Waals surface area contributed by atoms with Crippen LogP contribution in [0.25, 0.3) is 22.4 Å². The van der Waals surface area contributed by atoms with Crippen molar-refractivity contribution in [2.45, 2.75) is 19.4 Å². The van der Waals surface area contributed by atoms with E-state index in [4.69, 9.17) is 20.4 Å². The van der Waals surface area contributed by atoms with Gasteiger partial charge in [0.05, 0.1) is 23.4 Å². The maximum Gasteiger partial charge on any atom is 0.250 e. The number of rotatable bonds is 5. The second kappa shape index (κ2) is 7.47. The Labute approximate surface area is 172 Å². The molecule has 0 saturated carbocycles. The van der Waals surface area contributed by atoms with Crippen molar-refractivity contribution in [1.29, 1.82) is 0 Å². The maximum absolute atomic E-state index is 11.7. The molecule has 0 spiro atoms. The Balaban J connectivity index is 1.58. The summed E-state index contributed by atoms with van der Waals surface area (Å²) in [4.78, 5) is 21.2. The Morgan fingerprint density at radius 1 is 1.13 bits per heavy atom. The molecule has 0 radical (unpaired) electrons. The van der Waals surface area contributed by atoms with Gasteiger partial charge >= 0.3 is 0 Å². The molecular weight excluding hydrogens is 380 g/mol. The van der Waals surface area contributed by atoms with Gasteiger partial charge in [0.1, 0.15) is 5.69 Å². The number of benzene rings is 2. The number of carbonyl (C=O) groups excluding carboxylic acids is 1. The number of amides is 1. The lowest BCUT2D eigenvalue weighted by atomic mass is 10.1. The number of anilines is 1. The average Bonchev–Trinajstić information content (AvgIpc) is 3.22. The van der Waals surface area contributed by atoms with Crippen LogP contribution in [0.15, 0.2) is 48.5 Å². The molecule has 0 saturated heterocycles. The lowest BCUT2D eigenvalue weighted by Crippen LogP contribution is -2.15. The predicted molar refractivity (Wildman–Crippen MR) is 113 cm³/mol. The van der Waals surface area contributed by atoms with E-state index in [0.717, 1.165) is 29.5 Å². The van der Waals surface area contributed by atoms with Gasteiger partial charge in [-0.05, 0) is 24.5 Å². The number of para-hydroxylation sites is 1. The van der Waals surface area contributed by atoms with E-state index in [0.29, 0.717) is 47.3 Å². The maximum atomic E-state index is 11.7. The molecule has 1 aliphatic rings. The number of fused-ring (bicyclic) bond motifs is 2. The van der Waals surface area contributed by atoms with E-state index < -0.39 is 5.91 Å². The molecule has 1 aliphatic heterocycles. The fraction of sp³-hybridized carbons (Fsp3) is 0.182. The van der Waals surface area contributed by atoms with Gasteiger partial charge in [0.2, 0.25) is 0 Å². The summed E-state index contributed by atoms with van der Waals surface area (Å²) >= 11 is 0. The third-order valence-corrected chi connectivity index (χ3v) is 5.12. The molecular formula is C22H20N6O2. The Morgan fingerprint density at radius 2 is 2.00 bits per heavy atom. The highest BCUT2D eigenvalue weighted by molar-refractivity contribution is 6.07. The topological polar surface area (TPSA) is 119 Å². The summed E-state index contributed by atoms with van der Waals surface area (Å²) in [5.74, 6) is 1.29. The molecule has 30 heavy (non-hydrogen) atoms. The van der Waals surface area contributed by atoms with E-state index in [2.05, 4.69) is 27.6 Å². The average molecular weight is 400 g/mol. The number of nitrogens with two attached hydrogens (primary N) is 1. The molecule has 3 heterocycles. The number of nitrogens with one attached hydrogen (secondary N) is 2. The lowest BCUT2D eigenvalue weighted by molar-refractivity contribution is 0.100. The van der Waals surface area contributed by atoms with Crippen LogP contribution in [-0.4, -0.2) is 32.7 Å². The van der Waals surface area contributed by atoms with Gasteiger partial charge in [0.25, 0.3) is 5.91 Å². The molecule has 0 fully saturated rings. The van der Waals surface area contributed by atoms with Crippen molar-refractivity contribution in [3.05, 3.63) is 65.4 Å².